The van der Waals surface area contributed by atoms with Crippen LogP contribution in [0.3, 0.4) is 0 Å². The number of aromatic nitrogens is 1. The predicted molar refractivity (Wildman–Crippen MR) is 74.3 cm³/mol. The standard InChI is InChI=1S/C14H10F2N2OS/c1-7-5-8(10(16)6-9(7)15)13-12(14(17)19-18-13)11-3-2-4-20-11/h2-6H,17H2,1H3. The topological polar surface area (TPSA) is 52.0 Å². The fraction of sp³-hybridized carbons (Fsp3) is 0.0714. The van der Waals surface area contributed by atoms with E-state index in [1.54, 1.807) is 6.92 Å². The zero-order valence-corrected chi connectivity index (χ0v) is 11.3. The maximum absolute atomic E-state index is 14.0. The third kappa shape index (κ3) is 1.98. The molecule has 2 N–H and O–H groups in total. The lowest BCUT2D eigenvalue weighted by atomic mass is 10.0. The van der Waals surface area contributed by atoms with E-state index in [-0.39, 0.29) is 17.1 Å². The van der Waals surface area contributed by atoms with Crippen LogP contribution in [0.4, 0.5) is 14.7 Å². The summed E-state index contributed by atoms with van der Waals surface area (Å²) in [4.78, 5) is 0.820. The molecule has 0 saturated carbocycles. The molecule has 0 fully saturated rings. The molecule has 3 rings (SSSR count). The summed E-state index contributed by atoms with van der Waals surface area (Å²) in [7, 11) is 0. The van der Waals surface area contributed by atoms with Crippen molar-refractivity contribution in [3.8, 4) is 21.7 Å². The highest BCUT2D eigenvalue weighted by Gasteiger charge is 2.21. The maximum atomic E-state index is 14.0. The minimum absolute atomic E-state index is 0.115. The Morgan fingerprint density at radius 3 is 2.75 bits per heavy atom. The molecule has 0 unspecified atom stereocenters. The predicted octanol–water partition coefficient (Wildman–Crippen LogP) is 4.24. The van der Waals surface area contributed by atoms with Crippen LogP contribution in [-0.4, -0.2) is 5.16 Å². The molecule has 0 aliphatic rings. The van der Waals surface area contributed by atoms with Crippen molar-refractivity contribution < 1.29 is 13.3 Å². The molecule has 0 aliphatic carbocycles. The van der Waals surface area contributed by atoms with Gasteiger partial charge in [-0.1, -0.05) is 11.2 Å². The Morgan fingerprint density at radius 1 is 1.25 bits per heavy atom. The molecular formula is C14H10F2N2OS. The first-order valence-electron chi connectivity index (χ1n) is 5.83. The van der Waals surface area contributed by atoms with Gasteiger partial charge in [0.05, 0.1) is 5.56 Å². The first kappa shape index (κ1) is 12.8. The van der Waals surface area contributed by atoms with E-state index in [0.717, 1.165) is 10.9 Å². The van der Waals surface area contributed by atoms with Gasteiger partial charge in [-0.25, -0.2) is 8.78 Å². The van der Waals surface area contributed by atoms with Crippen LogP contribution < -0.4 is 5.73 Å². The molecule has 0 amide bonds. The molecule has 0 radical (unpaired) electrons. The lowest BCUT2D eigenvalue weighted by molar-refractivity contribution is 0.439. The average molecular weight is 292 g/mol. The molecule has 1 aromatic carbocycles. The first-order valence-corrected chi connectivity index (χ1v) is 6.71. The number of nitrogens with two attached hydrogens (primary N) is 1. The molecule has 2 aromatic heterocycles. The molecule has 0 atom stereocenters. The molecule has 3 nitrogen and oxygen atoms in total. The Morgan fingerprint density at radius 2 is 2.05 bits per heavy atom. The number of halogens is 2. The Kier molecular flexibility index (Phi) is 3.02. The van der Waals surface area contributed by atoms with Gasteiger partial charge in [-0.3, -0.25) is 0 Å². The molecule has 0 aliphatic heterocycles. The normalized spacial score (nSPS) is 10.9. The minimum atomic E-state index is -0.695. The van der Waals surface area contributed by atoms with E-state index in [2.05, 4.69) is 5.16 Å². The number of nitrogen functional groups attached to an aromatic ring is 1. The summed E-state index contributed by atoms with van der Waals surface area (Å²) in [6.45, 7) is 1.56. The fourth-order valence-electron chi connectivity index (χ4n) is 1.98. The molecule has 6 heteroatoms. The number of rotatable bonds is 2. The number of anilines is 1. The first-order chi connectivity index (χ1) is 9.58. The van der Waals surface area contributed by atoms with E-state index in [9.17, 15) is 8.78 Å². The second kappa shape index (κ2) is 4.72. The van der Waals surface area contributed by atoms with Gasteiger partial charge >= 0.3 is 0 Å². The third-order valence-corrected chi connectivity index (χ3v) is 3.88. The smallest absolute Gasteiger partial charge is 0.231 e. The monoisotopic (exact) mass is 292 g/mol. The number of thiophene rings is 1. The van der Waals surface area contributed by atoms with Crippen molar-refractivity contribution in [2.75, 3.05) is 5.73 Å². The summed E-state index contributed by atoms with van der Waals surface area (Å²) >= 11 is 1.44. The van der Waals surface area contributed by atoms with E-state index in [1.165, 1.54) is 17.4 Å². The maximum Gasteiger partial charge on any atom is 0.231 e. The van der Waals surface area contributed by atoms with Crippen LogP contribution in [0.1, 0.15) is 5.56 Å². The Labute approximate surface area is 117 Å². The Balaban J connectivity index is 2.24. The van der Waals surface area contributed by atoms with Crippen LogP contribution in [0, 0.1) is 18.6 Å². The summed E-state index contributed by atoms with van der Waals surface area (Å²) in [5.41, 5.74) is 7.09. The van der Waals surface area contributed by atoms with Crippen molar-refractivity contribution in [3.05, 3.63) is 46.8 Å². The molecule has 3 aromatic rings. The van der Waals surface area contributed by atoms with E-state index in [0.29, 0.717) is 11.1 Å². The van der Waals surface area contributed by atoms with Crippen LogP contribution in [0.15, 0.2) is 34.2 Å². The van der Waals surface area contributed by atoms with Gasteiger partial charge in [0.25, 0.3) is 0 Å². The number of hydrogen-bond donors (Lipinski definition) is 1. The lowest BCUT2D eigenvalue weighted by Crippen LogP contribution is -1.92. The highest BCUT2D eigenvalue weighted by atomic mass is 32.1. The van der Waals surface area contributed by atoms with Crippen molar-refractivity contribution in [1.29, 1.82) is 0 Å². The Hall–Kier alpha value is -2.21. The third-order valence-electron chi connectivity index (χ3n) is 2.99. The SMILES string of the molecule is Cc1cc(-c2noc(N)c2-c2cccs2)c(F)cc1F. The summed E-state index contributed by atoms with van der Waals surface area (Å²) in [5.74, 6) is -1.18. The molecule has 102 valence electrons. The van der Waals surface area contributed by atoms with E-state index >= 15 is 0 Å². The van der Waals surface area contributed by atoms with Gasteiger partial charge in [-0.15, -0.1) is 11.3 Å². The van der Waals surface area contributed by atoms with Gasteiger partial charge in [0, 0.05) is 16.5 Å². The van der Waals surface area contributed by atoms with E-state index in [1.807, 2.05) is 17.5 Å². The van der Waals surface area contributed by atoms with Crippen LogP contribution in [0.25, 0.3) is 21.7 Å². The van der Waals surface area contributed by atoms with Crippen molar-refractivity contribution >= 4 is 17.2 Å². The van der Waals surface area contributed by atoms with Gasteiger partial charge in [0.1, 0.15) is 17.3 Å². The molecular weight excluding hydrogens is 282 g/mol. The fourth-order valence-corrected chi connectivity index (χ4v) is 2.76. The molecule has 20 heavy (non-hydrogen) atoms. The molecule has 0 spiro atoms. The quantitative estimate of drug-likeness (QED) is 0.768. The van der Waals surface area contributed by atoms with Crippen LogP contribution in [-0.2, 0) is 0 Å². The zero-order valence-electron chi connectivity index (χ0n) is 10.5. The van der Waals surface area contributed by atoms with Gasteiger partial charge in [-0.2, -0.15) is 0 Å². The van der Waals surface area contributed by atoms with Crippen molar-refractivity contribution in [1.82, 2.24) is 5.16 Å². The largest absolute Gasteiger partial charge is 0.367 e. The summed E-state index contributed by atoms with van der Waals surface area (Å²) in [6.07, 6.45) is 0. The van der Waals surface area contributed by atoms with Gasteiger partial charge in [-0.05, 0) is 30.0 Å². The molecule has 0 saturated heterocycles. The van der Waals surface area contributed by atoms with Crippen molar-refractivity contribution in [2.45, 2.75) is 6.92 Å². The number of benzene rings is 1. The van der Waals surface area contributed by atoms with E-state index in [4.69, 9.17) is 10.3 Å². The number of nitrogens with zero attached hydrogens (tertiary/aromatic N) is 1. The van der Waals surface area contributed by atoms with Crippen molar-refractivity contribution in [2.24, 2.45) is 0 Å². The number of aryl methyl sites for hydroxylation is 1. The van der Waals surface area contributed by atoms with E-state index < -0.39 is 11.6 Å². The van der Waals surface area contributed by atoms with Gasteiger partial charge < -0.3 is 10.3 Å². The Bertz CT molecular complexity index is 766. The second-order valence-electron chi connectivity index (χ2n) is 4.33. The summed E-state index contributed by atoms with van der Waals surface area (Å²) < 4.78 is 32.3. The highest BCUT2D eigenvalue weighted by molar-refractivity contribution is 7.13. The lowest BCUT2D eigenvalue weighted by Gasteiger charge is -2.04. The molecule has 0 bridgehead atoms. The average Bonchev–Trinajstić information content (AvgIpc) is 3.03. The van der Waals surface area contributed by atoms with Gasteiger partial charge in [0.15, 0.2) is 0 Å². The van der Waals surface area contributed by atoms with Crippen molar-refractivity contribution in [3.63, 3.8) is 0 Å². The summed E-state index contributed by atoms with van der Waals surface area (Å²) in [5, 5.41) is 5.69. The van der Waals surface area contributed by atoms with Crippen LogP contribution in [0.5, 0.6) is 0 Å². The molecule has 2 heterocycles. The van der Waals surface area contributed by atoms with Crippen LogP contribution in [0.2, 0.25) is 0 Å². The van der Waals surface area contributed by atoms with Crippen LogP contribution >= 0.6 is 11.3 Å². The number of hydrogen-bond acceptors (Lipinski definition) is 4. The zero-order chi connectivity index (χ0) is 14.3. The second-order valence-corrected chi connectivity index (χ2v) is 5.28. The minimum Gasteiger partial charge on any atom is -0.367 e. The summed E-state index contributed by atoms with van der Waals surface area (Å²) in [6, 6.07) is 5.93. The highest BCUT2D eigenvalue weighted by Crippen LogP contribution is 2.39. The van der Waals surface area contributed by atoms with Gasteiger partial charge in [0.2, 0.25) is 5.88 Å².